The standard InChI is InChI=1S/C74H46S2/c1-74(2)62-33-29-46(37-59(62)68-50-23-10-9-17-43(50)28-34-63(68)74)47-30-35-64-60(38-47)70-65(75-64)36-32-51(67(70)45-18-7-4-8-19-45)48-27-31-54-57(39-48)52-24-11-12-25-53(52)58-41-56(42-15-5-3-6-16-42)73-71(69(54)58)61-40-49-22-13-20-44-21-14-26-55(66(44)49)72(61)76-73/h3-21,23-41H,22H2,1-2H3. The minimum Gasteiger partial charge on any atom is -0.135 e. The van der Waals surface area contributed by atoms with Crippen LogP contribution in [0.2, 0.25) is 0 Å². The first kappa shape index (κ1) is 42.7. The van der Waals surface area contributed by atoms with Gasteiger partial charge in [-0.3, -0.25) is 0 Å². The molecule has 0 spiro atoms. The molecule has 17 rings (SSSR count). The summed E-state index contributed by atoms with van der Waals surface area (Å²) >= 11 is 3.88. The molecule has 0 aliphatic heterocycles. The topological polar surface area (TPSA) is 0 Å². The highest BCUT2D eigenvalue weighted by Gasteiger charge is 2.36. The minimum atomic E-state index is -0.0758. The molecule has 15 aromatic rings. The fourth-order valence-corrected chi connectivity index (χ4v) is 16.4. The molecular weight excluding hydrogens is 953 g/mol. The molecule has 2 heteroatoms. The van der Waals surface area contributed by atoms with Gasteiger partial charge in [0.2, 0.25) is 0 Å². The van der Waals surface area contributed by atoms with Gasteiger partial charge in [-0.05, 0) is 170 Å². The predicted molar refractivity (Wildman–Crippen MR) is 332 cm³/mol. The van der Waals surface area contributed by atoms with Gasteiger partial charge in [0, 0.05) is 56.7 Å². The average Bonchev–Trinajstić information content (AvgIpc) is 4.29. The summed E-state index contributed by atoms with van der Waals surface area (Å²) in [6.07, 6.45) is 5.59. The molecular formula is C74H46S2. The molecule has 0 saturated carbocycles. The highest BCUT2D eigenvalue weighted by Crippen LogP contribution is 2.55. The van der Waals surface area contributed by atoms with E-state index in [1.807, 2.05) is 22.7 Å². The van der Waals surface area contributed by atoms with E-state index in [0.29, 0.717) is 0 Å². The van der Waals surface area contributed by atoms with Crippen LogP contribution in [0, 0.1) is 0 Å². The third kappa shape index (κ3) is 5.89. The Kier molecular flexibility index (Phi) is 8.81. The summed E-state index contributed by atoms with van der Waals surface area (Å²) in [6, 6.07) is 83.4. The predicted octanol–water partition coefficient (Wildman–Crippen LogP) is 21.7. The maximum atomic E-state index is 2.54. The number of thiophene rings is 2. The second-order valence-corrected chi connectivity index (χ2v) is 23.9. The van der Waals surface area contributed by atoms with Gasteiger partial charge in [-0.25, -0.2) is 0 Å². The summed E-state index contributed by atoms with van der Waals surface area (Å²) in [5.74, 6) is 0. The molecule has 13 aromatic carbocycles. The molecule has 354 valence electrons. The van der Waals surface area contributed by atoms with E-state index in [9.17, 15) is 0 Å². The number of rotatable bonds is 4. The number of hydrogen-bond acceptors (Lipinski definition) is 2. The van der Waals surface area contributed by atoms with Gasteiger partial charge in [0.25, 0.3) is 0 Å². The summed E-state index contributed by atoms with van der Waals surface area (Å²) in [5, 5.41) is 18.5. The molecule has 0 radical (unpaired) electrons. The Morgan fingerprint density at radius 3 is 1.89 bits per heavy atom. The van der Waals surface area contributed by atoms with Crippen molar-refractivity contribution >= 4 is 123 Å². The van der Waals surface area contributed by atoms with Crippen LogP contribution in [0.1, 0.15) is 36.1 Å². The summed E-state index contributed by atoms with van der Waals surface area (Å²) < 4.78 is 5.34. The lowest BCUT2D eigenvalue weighted by Crippen LogP contribution is -2.14. The molecule has 2 aromatic heterocycles. The monoisotopic (exact) mass is 998 g/mol. The van der Waals surface area contributed by atoms with Crippen LogP contribution in [0.4, 0.5) is 0 Å². The van der Waals surface area contributed by atoms with Crippen LogP contribution in [0.25, 0.3) is 156 Å². The van der Waals surface area contributed by atoms with Gasteiger partial charge in [0.05, 0.1) is 0 Å². The van der Waals surface area contributed by atoms with Crippen LogP contribution in [-0.4, -0.2) is 0 Å². The van der Waals surface area contributed by atoms with Crippen LogP contribution in [0.3, 0.4) is 0 Å². The second kappa shape index (κ2) is 15.7. The lowest BCUT2D eigenvalue weighted by Gasteiger charge is -2.21. The SMILES string of the molecule is CC1(C)c2ccc(-c3ccc4sc5ccc(-c6ccc7c(c6)c6ccccc6c6cc(-c8ccccc8)c8sc9c%10cccc%11c%10c(cc9c8c76)CC=C%11)c(-c6ccccc6)c5c4c3)cc2-c2c1ccc1ccccc21. The summed E-state index contributed by atoms with van der Waals surface area (Å²) in [6.45, 7) is 4.77. The molecule has 2 heterocycles. The van der Waals surface area contributed by atoms with E-state index in [1.165, 1.54) is 172 Å². The lowest BCUT2D eigenvalue weighted by atomic mass is 9.82. The van der Waals surface area contributed by atoms with E-state index in [0.717, 1.165) is 6.42 Å². The maximum Gasteiger partial charge on any atom is 0.0440 e. The molecule has 0 amide bonds. The van der Waals surface area contributed by atoms with E-state index in [4.69, 9.17) is 0 Å². The van der Waals surface area contributed by atoms with Crippen molar-refractivity contribution in [3.8, 4) is 55.6 Å². The van der Waals surface area contributed by atoms with E-state index in [-0.39, 0.29) is 5.41 Å². The van der Waals surface area contributed by atoms with Gasteiger partial charge in [0.15, 0.2) is 0 Å². The molecule has 0 atom stereocenters. The van der Waals surface area contributed by atoms with Crippen molar-refractivity contribution in [1.82, 2.24) is 0 Å². The fraction of sp³-hybridized carbons (Fsp3) is 0.0541. The Labute approximate surface area is 448 Å². The quantitative estimate of drug-likeness (QED) is 0.154. The van der Waals surface area contributed by atoms with Crippen molar-refractivity contribution < 1.29 is 0 Å². The maximum absolute atomic E-state index is 2.54. The van der Waals surface area contributed by atoms with Crippen molar-refractivity contribution in [3.05, 3.63) is 247 Å². The first-order chi connectivity index (χ1) is 37.4. The van der Waals surface area contributed by atoms with Crippen molar-refractivity contribution in [2.45, 2.75) is 25.7 Å². The number of fused-ring (bicyclic) bond motifs is 19. The van der Waals surface area contributed by atoms with Gasteiger partial charge in [-0.1, -0.05) is 202 Å². The van der Waals surface area contributed by atoms with Crippen LogP contribution < -0.4 is 0 Å². The van der Waals surface area contributed by atoms with Crippen LogP contribution in [0.5, 0.6) is 0 Å². The third-order valence-corrected chi connectivity index (χ3v) is 19.8. The molecule has 0 saturated heterocycles. The molecule has 2 aliphatic rings. The van der Waals surface area contributed by atoms with E-state index >= 15 is 0 Å². The van der Waals surface area contributed by atoms with Crippen molar-refractivity contribution in [2.24, 2.45) is 0 Å². The molecule has 76 heavy (non-hydrogen) atoms. The Hall–Kier alpha value is -8.66. The Morgan fingerprint density at radius 2 is 1.04 bits per heavy atom. The van der Waals surface area contributed by atoms with E-state index in [1.54, 1.807) is 0 Å². The highest BCUT2D eigenvalue weighted by atomic mass is 32.1. The molecule has 0 N–H and O–H groups in total. The third-order valence-electron chi connectivity index (χ3n) is 17.4. The fourth-order valence-electron chi connectivity index (χ4n) is 13.9. The van der Waals surface area contributed by atoms with Gasteiger partial charge >= 0.3 is 0 Å². The van der Waals surface area contributed by atoms with Crippen molar-refractivity contribution in [2.75, 3.05) is 0 Å². The van der Waals surface area contributed by atoms with Crippen molar-refractivity contribution in [3.63, 3.8) is 0 Å². The summed E-state index contributed by atoms with van der Waals surface area (Å²) in [4.78, 5) is 0. The largest absolute Gasteiger partial charge is 0.135 e. The van der Waals surface area contributed by atoms with Crippen LogP contribution in [0.15, 0.2) is 224 Å². The molecule has 0 fully saturated rings. The first-order valence-corrected chi connectivity index (χ1v) is 28.2. The molecule has 2 aliphatic carbocycles. The molecule has 0 nitrogen and oxygen atoms in total. The second-order valence-electron chi connectivity index (χ2n) is 21.7. The zero-order chi connectivity index (χ0) is 50.0. The molecule has 0 unspecified atom stereocenters. The van der Waals surface area contributed by atoms with Crippen molar-refractivity contribution in [1.29, 1.82) is 0 Å². The summed E-state index contributed by atoms with van der Waals surface area (Å²) in [7, 11) is 0. The van der Waals surface area contributed by atoms with Gasteiger partial charge < -0.3 is 0 Å². The number of allylic oxidation sites excluding steroid dienone is 1. The van der Waals surface area contributed by atoms with Gasteiger partial charge in [-0.2, -0.15) is 0 Å². The zero-order valence-corrected chi connectivity index (χ0v) is 43.6. The average molecular weight is 999 g/mol. The Bertz CT molecular complexity index is 5080. The molecule has 0 bridgehead atoms. The number of benzene rings is 13. The van der Waals surface area contributed by atoms with Crippen LogP contribution >= 0.6 is 22.7 Å². The zero-order valence-electron chi connectivity index (χ0n) is 42.0. The minimum absolute atomic E-state index is 0.0758. The number of hydrogen-bond donors (Lipinski definition) is 0. The Balaban J connectivity index is 0.914. The van der Waals surface area contributed by atoms with E-state index in [2.05, 4.69) is 244 Å². The lowest BCUT2D eigenvalue weighted by molar-refractivity contribution is 0.661. The normalized spacial score (nSPS) is 13.7. The van der Waals surface area contributed by atoms with Gasteiger partial charge in [0.1, 0.15) is 0 Å². The van der Waals surface area contributed by atoms with Gasteiger partial charge in [-0.15, -0.1) is 22.7 Å². The van der Waals surface area contributed by atoms with E-state index < -0.39 is 0 Å². The smallest absolute Gasteiger partial charge is 0.0440 e. The Morgan fingerprint density at radius 1 is 0.342 bits per heavy atom. The highest BCUT2D eigenvalue weighted by molar-refractivity contribution is 7.27. The van der Waals surface area contributed by atoms with Crippen LogP contribution in [-0.2, 0) is 11.8 Å². The summed E-state index contributed by atoms with van der Waals surface area (Å²) in [5.41, 5.74) is 18.2. The first-order valence-electron chi connectivity index (χ1n) is 26.6.